The molecule has 2 rings (SSSR count). The van der Waals surface area contributed by atoms with Crippen LogP contribution in [0.4, 0.5) is 0 Å². The van der Waals surface area contributed by atoms with Crippen molar-refractivity contribution in [2.24, 2.45) is 0 Å². The highest BCUT2D eigenvalue weighted by Crippen LogP contribution is 2.24. The molecule has 0 saturated heterocycles. The lowest BCUT2D eigenvalue weighted by Crippen LogP contribution is -2.09. The molecular weight excluding hydrogens is 272 g/mol. The molecule has 0 bridgehead atoms. The predicted octanol–water partition coefficient (Wildman–Crippen LogP) is 5.19. The van der Waals surface area contributed by atoms with Crippen LogP contribution in [0.5, 0.6) is 5.75 Å². The minimum absolute atomic E-state index is 0.116. The van der Waals surface area contributed by atoms with Gasteiger partial charge in [-0.05, 0) is 36.6 Å². The first-order valence-corrected chi connectivity index (χ1v) is 8.21. The van der Waals surface area contributed by atoms with Crippen molar-refractivity contribution in [3.05, 3.63) is 65.7 Å². The van der Waals surface area contributed by atoms with Crippen molar-refractivity contribution in [3.63, 3.8) is 0 Å². The van der Waals surface area contributed by atoms with Gasteiger partial charge in [-0.15, -0.1) is 0 Å². The third-order valence-corrected chi connectivity index (χ3v) is 3.64. The first-order valence-electron chi connectivity index (χ1n) is 8.21. The lowest BCUT2D eigenvalue weighted by Gasteiger charge is -2.19. The zero-order valence-electron chi connectivity index (χ0n) is 13.6. The molecule has 0 heterocycles. The number of hydrogen-bond donors (Lipinski definition) is 0. The van der Waals surface area contributed by atoms with Crippen molar-refractivity contribution in [1.82, 2.24) is 0 Å². The molecule has 2 heteroatoms. The minimum Gasteiger partial charge on any atom is -0.494 e. The van der Waals surface area contributed by atoms with E-state index < -0.39 is 0 Å². The Morgan fingerprint density at radius 3 is 2.27 bits per heavy atom. The summed E-state index contributed by atoms with van der Waals surface area (Å²) in [7, 11) is 0. The molecule has 2 aromatic rings. The smallest absolute Gasteiger partial charge is 0.119 e. The first kappa shape index (κ1) is 16.6. The summed E-state index contributed by atoms with van der Waals surface area (Å²) in [4.78, 5) is 0. The van der Waals surface area contributed by atoms with Crippen LogP contribution in [-0.2, 0) is 11.2 Å². The van der Waals surface area contributed by atoms with Crippen LogP contribution in [0.2, 0.25) is 0 Å². The van der Waals surface area contributed by atoms with Crippen LogP contribution in [-0.4, -0.2) is 13.2 Å². The number of unbranched alkanes of at least 4 members (excludes halogenated alkanes) is 1. The summed E-state index contributed by atoms with van der Waals surface area (Å²) in [6.45, 7) is 5.70. The third kappa shape index (κ3) is 5.19. The third-order valence-electron chi connectivity index (χ3n) is 3.64. The molecule has 0 radical (unpaired) electrons. The summed E-state index contributed by atoms with van der Waals surface area (Å²) < 4.78 is 11.6. The van der Waals surface area contributed by atoms with E-state index in [4.69, 9.17) is 9.47 Å². The summed E-state index contributed by atoms with van der Waals surface area (Å²) in [6, 6.07) is 18.8. The van der Waals surface area contributed by atoms with E-state index in [1.54, 1.807) is 0 Å². The van der Waals surface area contributed by atoms with Gasteiger partial charge in [0.2, 0.25) is 0 Å². The molecule has 22 heavy (non-hydrogen) atoms. The summed E-state index contributed by atoms with van der Waals surface area (Å²) >= 11 is 0. The largest absolute Gasteiger partial charge is 0.494 e. The lowest BCUT2D eigenvalue weighted by atomic mass is 10.0. The molecule has 0 saturated carbocycles. The Balaban J connectivity index is 2.05. The fourth-order valence-corrected chi connectivity index (χ4v) is 2.41. The quantitative estimate of drug-likeness (QED) is 0.593. The Bertz CT molecular complexity index is 519. The normalized spacial score (nSPS) is 12.1. The Hall–Kier alpha value is -1.80. The number of ether oxygens (including phenoxy) is 2. The van der Waals surface area contributed by atoms with Crippen LogP contribution in [0.25, 0.3) is 0 Å². The summed E-state index contributed by atoms with van der Waals surface area (Å²) in [5, 5.41) is 0. The topological polar surface area (TPSA) is 18.5 Å². The molecular formula is C20H26O2. The number of benzene rings is 2. The fourth-order valence-electron chi connectivity index (χ4n) is 2.41. The molecule has 1 atom stereocenters. The summed E-state index contributed by atoms with van der Waals surface area (Å²) in [6.07, 6.45) is 3.27. The van der Waals surface area contributed by atoms with E-state index in [1.165, 1.54) is 11.1 Å². The second-order valence-electron chi connectivity index (χ2n) is 5.40. The van der Waals surface area contributed by atoms with E-state index in [9.17, 15) is 0 Å². The summed E-state index contributed by atoms with van der Waals surface area (Å²) in [5.41, 5.74) is 2.52. The highest BCUT2D eigenvalue weighted by molar-refractivity contribution is 5.29. The van der Waals surface area contributed by atoms with Gasteiger partial charge < -0.3 is 9.47 Å². The molecule has 2 aromatic carbocycles. The van der Waals surface area contributed by atoms with Crippen LogP contribution >= 0.6 is 0 Å². The van der Waals surface area contributed by atoms with E-state index in [2.05, 4.69) is 43.3 Å². The fraction of sp³-hybridized carbons (Fsp3) is 0.400. The average Bonchev–Trinajstić information content (AvgIpc) is 2.57. The Kier molecular flexibility index (Phi) is 6.98. The van der Waals surface area contributed by atoms with Crippen LogP contribution in [0, 0.1) is 0 Å². The van der Waals surface area contributed by atoms with E-state index >= 15 is 0 Å². The maximum absolute atomic E-state index is 6.12. The van der Waals surface area contributed by atoms with Gasteiger partial charge >= 0.3 is 0 Å². The zero-order chi connectivity index (χ0) is 15.6. The first-order chi connectivity index (χ1) is 10.8. The van der Waals surface area contributed by atoms with Crippen LogP contribution < -0.4 is 4.74 Å². The van der Waals surface area contributed by atoms with Gasteiger partial charge in [0.05, 0.1) is 12.7 Å². The molecule has 0 spiro atoms. The highest BCUT2D eigenvalue weighted by atomic mass is 16.5. The van der Waals surface area contributed by atoms with Crippen molar-refractivity contribution in [1.29, 1.82) is 0 Å². The lowest BCUT2D eigenvalue weighted by molar-refractivity contribution is 0.0509. The van der Waals surface area contributed by atoms with Crippen molar-refractivity contribution in [2.75, 3.05) is 13.2 Å². The van der Waals surface area contributed by atoms with Gasteiger partial charge in [-0.25, -0.2) is 0 Å². The second-order valence-corrected chi connectivity index (χ2v) is 5.40. The second kappa shape index (κ2) is 9.26. The van der Waals surface area contributed by atoms with Crippen molar-refractivity contribution in [3.8, 4) is 5.75 Å². The van der Waals surface area contributed by atoms with Gasteiger partial charge in [-0.1, -0.05) is 55.8 Å². The maximum Gasteiger partial charge on any atom is 0.119 e. The Labute approximate surface area is 134 Å². The van der Waals surface area contributed by atoms with Crippen molar-refractivity contribution >= 4 is 0 Å². The number of hydrogen-bond acceptors (Lipinski definition) is 2. The predicted molar refractivity (Wildman–Crippen MR) is 91.4 cm³/mol. The molecule has 0 fully saturated rings. The highest BCUT2D eigenvalue weighted by Gasteiger charge is 2.12. The molecule has 0 aliphatic rings. The molecule has 1 unspecified atom stereocenters. The molecule has 0 aliphatic heterocycles. The van der Waals surface area contributed by atoms with Gasteiger partial charge in [-0.2, -0.15) is 0 Å². The molecule has 0 aliphatic carbocycles. The van der Waals surface area contributed by atoms with Gasteiger partial charge in [0, 0.05) is 13.0 Å². The molecule has 0 amide bonds. The number of rotatable bonds is 9. The molecule has 0 N–H and O–H groups in total. The SMILES string of the molecule is CCCCOC(Cc1ccc(OCC)cc1)c1ccccc1. The van der Waals surface area contributed by atoms with Crippen LogP contribution in [0.1, 0.15) is 43.9 Å². The minimum atomic E-state index is 0.116. The van der Waals surface area contributed by atoms with Crippen molar-refractivity contribution in [2.45, 2.75) is 39.2 Å². The van der Waals surface area contributed by atoms with Gasteiger partial charge in [0.15, 0.2) is 0 Å². The van der Waals surface area contributed by atoms with Gasteiger partial charge in [0.1, 0.15) is 5.75 Å². The molecule has 118 valence electrons. The van der Waals surface area contributed by atoms with Gasteiger partial charge in [-0.3, -0.25) is 0 Å². The zero-order valence-corrected chi connectivity index (χ0v) is 13.6. The monoisotopic (exact) mass is 298 g/mol. The summed E-state index contributed by atoms with van der Waals surface area (Å²) in [5.74, 6) is 0.925. The van der Waals surface area contributed by atoms with Gasteiger partial charge in [0.25, 0.3) is 0 Å². The van der Waals surface area contributed by atoms with E-state index in [1.807, 2.05) is 25.1 Å². The van der Waals surface area contributed by atoms with E-state index in [0.29, 0.717) is 6.61 Å². The average molecular weight is 298 g/mol. The van der Waals surface area contributed by atoms with Crippen LogP contribution in [0.3, 0.4) is 0 Å². The standard InChI is InChI=1S/C20H26O2/c1-3-5-15-22-20(18-9-7-6-8-10-18)16-17-11-13-19(14-12-17)21-4-2/h6-14,20H,3-5,15-16H2,1-2H3. The van der Waals surface area contributed by atoms with E-state index in [-0.39, 0.29) is 6.10 Å². The van der Waals surface area contributed by atoms with Crippen LogP contribution in [0.15, 0.2) is 54.6 Å². The Morgan fingerprint density at radius 1 is 0.909 bits per heavy atom. The Morgan fingerprint density at radius 2 is 1.64 bits per heavy atom. The van der Waals surface area contributed by atoms with Crippen molar-refractivity contribution < 1.29 is 9.47 Å². The van der Waals surface area contributed by atoms with E-state index in [0.717, 1.165) is 31.6 Å². The molecule has 0 aromatic heterocycles. The molecule has 2 nitrogen and oxygen atoms in total. The maximum atomic E-state index is 6.12.